The minimum Gasteiger partial charge on any atom is -0.456 e. The Bertz CT molecular complexity index is 1180. The number of nitrogens with two attached hydrogens (primary N) is 1. The number of carbonyl (C=O) groups excluding carboxylic acids is 1. The summed E-state index contributed by atoms with van der Waals surface area (Å²) in [4.78, 5) is 24.8. The maximum absolute atomic E-state index is 12.5. The summed E-state index contributed by atoms with van der Waals surface area (Å²) in [7, 11) is 0. The van der Waals surface area contributed by atoms with Gasteiger partial charge in [-0.05, 0) is 36.2 Å². The van der Waals surface area contributed by atoms with E-state index in [0.29, 0.717) is 28.4 Å². The molecule has 0 saturated heterocycles. The van der Waals surface area contributed by atoms with Crippen LogP contribution in [-0.2, 0) is 11.2 Å². The quantitative estimate of drug-likeness (QED) is 0.343. The molecule has 4 aromatic rings. The molecule has 5 heteroatoms. The van der Waals surface area contributed by atoms with E-state index in [0.717, 1.165) is 5.56 Å². The second-order valence-electron chi connectivity index (χ2n) is 6.30. The average Bonchev–Trinajstić information content (AvgIpc) is 2.69. The van der Waals surface area contributed by atoms with Gasteiger partial charge in [0.2, 0.25) is 5.43 Å². The normalized spacial score (nSPS) is 12.2. The molecule has 1 atom stereocenters. The average molecular weight is 359 g/mol. The highest BCUT2D eigenvalue weighted by Gasteiger charge is 2.17. The maximum atomic E-state index is 12.5. The summed E-state index contributed by atoms with van der Waals surface area (Å²) in [5.41, 5.74) is 7.64. The van der Waals surface area contributed by atoms with Crippen molar-refractivity contribution in [1.29, 1.82) is 0 Å². The van der Waals surface area contributed by atoms with Crippen LogP contribution in [0.2, 0.25) is 0 Å². The summed E-state index contributed by atoms with van der Waals surface area (Å²) in [6.45, 7) is 0. The van der Waals surface area contributed by atoms with E-state index in [-0.39, 0.29) is 11.2 Å². The van der Waals surface area contributed by atoms with E-state index in [1.165, 1.54) is 6.07 Å². The van der Waals surface area contributed by atoms with Gasteiger partial charge in [0.05, 0.1) is 10.8 Å². The second kappa shape index (κ2) is 7.05. The van der Waals surface area contributed by atoms with Crippen LogP contribution < -0.4 is 15.9 Å². The molecule has 0 bridgehead atoms. The lowest BCUT2D eigenvalue weighted by Gasteiger charge is -2.11. The van der Waals surface area contributed by atoms with Crippen LogP contribution in [0.4, 0.5) is 0 Å². The molecule has 3 aromatic carbocycles. The van der Waals surface area contributed by atoms with Crippen LogP contribution in [0.5, 0.6) is 5.75 Å². The molecule has 0 amide bonds. The van der Waals surface area contributed by atoms with Gasteiger partial charge in [0.25, 0.3) is 0 Å². The van der Waals surface area contributed by atoms with E-state index in [1.807, 2.05) is 30.3 Å². The molecule has 5 nitrogen and oxygen atoms in total. The van der Waals surface area contributed by atoms with Crippen LogP contribution in [0.15, 0.2) is 82.0 Å². The Labute approximate surface area is 155 Å². The van der Waals surface area contributed by atoms with Gasteiger partial charge in [0.1, 0.15) is 23.0 Å². The molecule has 0 aliphatic carbocycles. The number of hydrogen-bond donors (Lipinski definition) is 1. The van der Waals surface area contributed by atoms with Crippen molar-refractivity contribution in [3.05, 3.63) is 88.6 Å². The Morgan fingerprint density at radius 1 is 0.926 bits per heavy atom. The van der Waals surface area contributed by atoms with Crippen LogP contribution in [0.1, 0.15) is 5.56 Å². The summed E-state index contributed by atoms with van der Waals surface area (Å²) in [5, 5.41) is 0.946. The van der Waals surface area contributed by atoms with E-state index >= 15 is 0 Å². The van der Waals surface area contributed by atoms with Crippen LogP contribution >= 0.6 is 0 Å². The molecular weight excluding hydrogens is 342 g/mol. The van der Waals surface area contributed by atoms with Gasteiger partial charge >= 0.3 is 5.97 Å². The van der Waals surface area contributed by atoms with Gasteiger partial charge in [0.15, 0.2) is 0 Å². The molecule has 0 spiro atoms. The van der Waals surface area contributed by atoms with Gasteiger partial charge in [-0.2, -0.15) is 0 Å². The summed E-state index contributed by atoms with van der Waals surface area (Å²) >= 11 is 0. The van der Waals surface area contributed by atoms with Crippen molar-refractivity contribution >= 4 is 27.9 Å². The number of ether oxygens (including phenoxy) is 1. The van der Waals surface area contributed by atoms with Crippen molar-refractivity contribution in [2.45, 2.75) is 12.5 Å². The van der Waals surface area contributed by atoms with Gasteiger partial charge in [-0.25, -0.2) is 4.79 Å². The number of hydrogen-bond acceptors (Lipinski definition) is 5. The van der Waals surface area contributed by atoms with Crippen molar-refractivity contribution in [2.24, 2.45) is 5.73 Å². The molecule has 0 unspecified atom stereocenters. The Morgan fingerprint density at radius 2 is 1.63 bits per heavy atom. The summed E-state index contributed by atoms with van der Waals surface area (Å²) < 4.78 is 11.2. The highest BCUT2D eigenvalue weighted by Crippen LogP contribution is 2.23. The topological polar surface area (TPSA) is 82.5 Å². The van der Waals surface area contributed by atoms with E-state index in [2.05, 4.69) is 0 Å². The first kappa shape index (κ1) is 17.0. The molecule has 0 saturated carbocycles. The van der Waals surface area contributed by atoms with Crippen LogP contribution in [0.25, 0.3) is 21.9 Å². The Hall–Kier alpha value is -3.44. The number of benzene rings is 3. The molecule has 0 aliphatic rings. The van der Waals surface area contributed by atoms with Gasteiger partial charge in [-0.3, -0.25) is 4.79 Å². The molecule has 2 N–H and O–H groups in total. The molecule has 0 aliphatic heterocycles. The third-order valence-electron chi connectivity index (χ3n) is 4.37. The molecule has 134 valence electrons. The first-order valence-electron chi connectivity index (χ1n) is 8.58. The lowest BCUT2D eigenvalue weighted by Crippen LogP contribution is -2.36. The number of fused-ring (bicyclic) bond motifs is 2. The van der Waals surface area contributed by atoms with Crippen molar-refractivity contribution in [3.63, 3.8) is 0 Å². The minimum absolute atomic E-state index is 0.120. The van der Waals surface area contributed by atoms with Crippen LogP contribution in [-0.4, -0.2) is 12.0 Å². The fourth-order valence-electron chi connectivity index (χ4n) is 2.99. The van der Waals surface area contributed by atoms with Crippen molar-refractivity contribution < 1.29 is 13.9 Å². The zero-order valence-electron chi connectivity index (χ0n) is 14.4. The van der Waals surface area contributed by atoms with E-state index in [4.69, 9.17) is 14.9 Å². The lowest BCUT2D eigenvalue weighted by molar-refractivity contribution is -0.135. The summed E-state index contributed by atoms with van der Waals surface area (Å²) in [5.74, 6) is -0.254. The lowest BCUT2D eigenvalue weighted by atomic mass is 10.1. The van der Waals surface area contributed by atoms with E-state index < -0.39 is 12.0 Å². The largest absolute Gasteiger partial charge is 0.456 e. The van der Waals surface area contributed by atoms with Gasteiger partial charge in [-0.1, -0.05) is 42.5 Å². The van der Waals surface area contributed by atoms with Gasteiger partial charge in [-0.15, -0.1) is 0 Å². The Kier molecular flexibility index (Phi) is 4.44. The molecule has 0 fully saturated rings. The number of rotatable bonds is 4. The fourth-order valence-corrected chi connectivity index (χ4v) is 2.99. The molecule has 1 heterocycles. The number of carbonyl (C=O) groups is 1. The van der Waals surface area contributed by atoms with Crippen molar-refractivity contribution in [3.8, 4) is 5.75 Å². The van der Waals surface area contributed by atoms with Gasteiger partial charge in [0, 0.05) is 6.07 Å². The predicted molar refractivity (Wildman–Crippen MR) is 104 cm³/mol. The monoisotopic (exact) mass is 359 g/mol. The van der Waals surface area contributed by atoms with Crippen molar-refractivity contribution in [2.75, 3.05) is 0 Å². The highest BCUT2D eigenvalue weighted by molar-refractivity contribution is 5.90. The van der Waals surface area contributed by atoms with Crippen LogP contribution in [0, 0.1) is 0 Å². The second-order valence-corrected chi connectivity index (χ2v) is 6.30. The summed E-state index contributed by atoms with van der Waals surface area (Å²) in [6.07, 6.45) is 0.382. The molecule has 0 radical (unpaired) electrons. The minimum atomic E-state index is -0.785. The third-order valence-corrected chi connectivity index (χ3v) is 4.37. The number of esters is 1. The first-order chi connectivity index (χ1) is 13.1. The predicted octanol–water partition coefficient (Wildman–Crippen LogP) is 3.42. The Balaban J connectivity index is 1.59. The maximum Gasteiger partial charge on any atom is 0.328 e. The standard InChI is InChI=1S/C22H17NO4/c23-18(12-14-6-2-1-3-7-14)22(25)26-15-10-11-17-20(13-15)27-19-9-5-4-8-16(19)21(17)24/h1-11,13,18H,12,23H2/t18-/m0/s1. The zero-order valence-corrected chi connectivity index (χ0v) is 14.4. The molecule has 1 aromatic heterocycles. The van der Waals surface area contributed by atoms with E-state index in [9.17, 15) is 9.59 Å². The molecular formula is C22H17NO4. The zero-order chi connectivity index (χ0) is 18.8. The van der Waals surface area contributed by atoms with Crippen molar-refractivity contribution in [1.82, 2.24) is 0 Å². The van der Waals surface area contributed by atoms with Crippen LogP contribution in [0.3, 0.4) is 0 Å². The highest BCUT2D eigenvalue weighted by atomic mass is 16.5. The SMILES string of the molecule is N[C@@H](Cc1ccccc1)C(=O)Oc1ccc2c(=O)c3ccccc3oc2c1. The first-order valence-corrected chi connectivity index (χ1v) is 8.58. The Morgan fingerprint density at radius 3 is 2.44 bits per heavy atom. The van der Waals surface area contributed by atoms with E-state index in [1.54, 1.807) is 36.4 Å². The third kappa shape index (κ3) is 3.45. The smallest absolute Gasteiger partial charge is 0.328 e. The summed E-state index contributed by atoms with van der Waals surface area (Å²) in [6, 6.07) is 20.4. The molecule has 4 rings (SSSR count). The molecule has 27 heavy (non-hydrogen) atoms. The fraction of sp³-hybridized carbons (Fsp3) is 0.0909. The van der Waals surface area contributed by atoms with Gasteiger partial charge < -0.3 is 14.9 Å². The number of para-hydroxylation sites is 1.